The van der Waals surface area contributed by atoms with Crippen LogP contribution in [0.25, 0.3) is 33.4 Å². The number of cyclic esters (lactones) is 1. The van der Waals surface area contributed by atoms with Crippen molar-refractivity contribution in [2.45, 2.75) is 134 Å². The molecule has 3 saturated carbocycles. The van der Waals surface area contributed by atoms with Gasteiger partial charge in [-0.05, 0) is 93.7 Å². The van der Waals surface area contributed by atoms with Crippen LogP contribution in [0.2, 0.25) is 0 Å². The lowest BCUT2D eigenvalue weighted by Gasteiger charge is -2.42. The fourth-order valence-corrected chi connectivity index (χ4v) is 12.3. The molecule has 0 radical (unpaired) electrons. The lowest BCUT2D eigenvalue weighted by molar-refractivity contribution is -0.157. The number of ether oxygens (including phenoxy) is 3. The fourth-order valence-electron chi connectivity index (χ4n) is 11.4. The number of hydrazine groups is 1. The highest BCUT2D eigenvalue weighted by Gasteiger charge is 2.55. The number of likely N-dealkylation sites (tertiary alicyclic amines) is 1. The van der Waals surface area contributed by atoms with Crippen molar-refractivity contribution in [2.75, 3.05) is 33.4 Å². The van der Waals surface area contributed by atoms with Crippen molar-refractivity contribution in [3.05, 3.63) is 82.5 Å². The molecule has 68 heavy (non-hydrogen) atoms. The number of nitrogens with one attached hydrogen (secondary N) is 2. The molecule has 6 bridgehead atoms. The summed E-state index contributed by atoms with van der Waals surface area (Å²) < 4.78 is 21.8. The van der Waals surface area contributed by atoms with Gasteiger partial charge < -0.3 is 24.1 Å². The average Bonchev–Trinajstić information content (AvgIpc) is 4.09. The lowest BCUT2D eigenvalue weighted by Crippen LogP contribution is -2.61. The van der Waals surface area contributed by atoms with Crippen LogP contribution in [0, 0.1) is 17.3 Å². The number of hydrogen-bond acceptors (Lipinski definition) is 13. The second kappa shape index (κ2) is 18.3. The van der Waals surface area contributed by atoms with E-state index in [4.69, 9.17) is 24.2 Å². The summed E-state index contributed by atoms with van der Waals surface area (Å²) in [5.74, 6) is -1.51. The number of amides is 2. The number of methoxy groups -OCH3 is 1. The van der Waals surface area contributed by atoms with Gasteiger partial charge in [0.1, 0.15) is 29.5 Å². The van der Waals surface area contributed by atoms with Crippen molar-refractivity contribution in [3.63, 3.8) is 0 Å². The first-order chi connectivity index (χ1) is 33.0. The number of carbonyl (C=O) groups excluding carboxylic acids is 3. The first kappa shape index (κ1) is 45.3. The molecule has 1 aromatic carbocycles. The van der Waals surface area contributed by atoms with Gasteiger partial charge in [0.05, 0.1) is 41.9 Å². The molecule has 358 valence electrons. The number of fused-ring (bicyclic) bond motifs is 6. The quantitative estimate of drug-likeness (QED) is 0.133. The second-order valence-electron chi connectivity index (χ2n) is 20.9. The monoisotopic (exact) mass is 941 g/mol. The Morgan fingerprint density at radius 1 is 1.01 bits per heavy atom. The van der Waals surface area contributed by atoms with E-state index in [0.717, 1.165) is 89.1 Å². The zero-order chi connectivity index (χ0) is 46.8. The van der Waals surface area contributed by atoms with Crippen molar-refractivity contribution >= 4 is 40.0 Å². The summed E-state index contributed by atoms with van der Waals surface area (Å²) >= 11 is 1.45. The molecule has 0 spiro atoms. The van der Waals surface area contributed by atoms with Crippen LogP contribution in [0.5, 0.6) is 0 Å². The number of hydrogen-bond donors (Lipinski definition) is 2. The molecule has 5 fully saturated rings. The van der Waals surface area contributed by atoms with Gasteiger partial charge in [-0.3, -0.25) is 29.3 Å². The molecule has 15 nitrogen and oxygen atoms in total. The molecule has 2 saturated heterocycles. The highest BCUT2D eigenvalue weighted by atomic mass is 32.1. The maximum Gasteiger partial charge on any atom is 0.324 e. The van der Waals surface area contributed by atoms with Gasteiger partial charge in [0.2, 0.25) is 5.91 Å². The van der Waals surface area contributed by atoms with E-state index < -0.39 is 29.6 Å². The Morgan fingerprint density at radius 3 is 2.60 bits per heavy atom. The molecule has 7 heterocycles. The zero-order valence-corrected chi connectivity index (χ0v) is 40.5. The number of esters is 1. The Hall–Kier alpha value is -5.13. The van der Waals surface area contributed by atoms with Crippen molar-refractivity contribution in [3.8, 4) is 22.5 Å². The molecule has 3 aliphatic heterocycles. The van der Waals surface area contributed by atoms with E-state index >= 15 is 4.79 Å². The SMILES string of the molecule is CO[C@@H](C)c1ncccc1-c1c2c3cc(ccc3n1C1CN(C3CC3)C1)-c1csc(n1)[C@@H](OC1CCCC1)[C@H](NC(=O)[C@@H]1[C@@H](C)[C@H]1c1ccncn1)C(=O)N1CCC[C@H](N1)C(=O)OCC(C)(C)C2. The molecular formula is C52H63N9O6S. The van der Waals surface area contributed by atoms with Crippen LogP contribution in [0.3, 0.4) is 0 Å². The Kier molecular flexibility index (Phi) is 12.2. The van der Waals surface area contributed by atoms with Gasteiger partial charge in [0.25, 0.3) is 5.91 Å². The third-order valence-electron chi connectivity index (χ3n) is 15.5. The highest BCUT2D eigenvalue weighted by Crippen LogP contribution is 2.53. The van der Waals surface area contributed by atoms with E-state index in [9.17, 15) is 9.59 Å². The molecule has 11 rings (SSSR count). The van der Waals surface area contributed by atoms with Crippen molar-refractivity contribution < 1.29 is 28.6 Å². The van der Waals surface area contributed by atoms with Crippen molar-refractivity contribution in [1.82, 2.24) is 45.2 Å². The predicted molar refractivity (Wildman–Crippen MR) is 257 cm³/mol. The van der Waals surface area contributed by atoms with E-state index in [0.29, 0.717) is 36.9 Å². The predicted octanol–water partition coefficient (Wildman–Crippen LogP) is 7.50. The summed E-state index contributed by atoms with van der Waals surface area (Å²) in [4.78, 5) is 65.3. The summed E-state index contributed by atoms with van der Waals surface area (Å²) in [6.07, 6.45) is 11.7. The first-order valence-electron chi connectivity index (χ1n) is 24.8. The second-order valence-corrected chi connectivity index (χ2v) is 21.8. The van der Waals surface area contributed by atoms with Crippen LogP contribution >= 0.6 is 11.3 Å². The van der Waals surface area contributed by atoms with Gasteiger partial charge in [-0.25, -0.2) is 20.4 Å². The van der Waals surface area contributed by atoms with E-state index in [1.54, 1.807) is 13.3 Å². The minimum absolute atomic E-state index is 0.0149. The molecule has 2 amide bonds. The van der Waals surface area contributed by atoms with Crippen LogP contribution < -0.4 is 10.7 Å². The van der Waals surface area contributed by atoms with Crippen LogP contribution in [-0.2, 0) is 35.0 Å². The number of benzene rings is 1. The largest absolute Gasteiger partial charge is 0.464 e. The number of thiazole rings is 1. The number of aromatic nitrogens is 5. The number of carbonyl (C=O) groups is 3. The number of rotatable bonds is 10. The zero-order valence-electron chi connectivity index (χ0n) is 39.7. The van der Waals surface area contributed by atoms with Gasteiger partial charge in [-0.15, -0.1) is 11.3 Å². The normalized spacial score (nSPS) is 27.4. The average molecular weight is 942 g/mol. The molecule has 3 aliphatic carbocycles. The Morgan fingerprint density at radius 2 is 1.84 bits per heavy atom. The standard InChI is InChI=1S/C52H63N9O6S/c1-29-42(38-18-20-53-28-55-38)43(29)48(62)57-45-47(67-34-10-6-7-11-34)49-56-40(26-68-49)31-14-17-41-36(22-31)37(23-52(3,4)27-66-51(64)39-13-9-21-60(58-39)50(45)63)46(35-12-8-19-54-44(35)30(2)65-5)61(41)33-24-59(25-33)32-15-16-32/h8,12,14,17-20,22,26,28-30,32-34,39,42-43,45,47,58H,6-7,9-11,13,15-16,21,23-25,27H2,1-5H3,(H,57,62)/t29-,30-,39-,42-,43+,45-,47-/m0/s1. The molecule has 4 aromatic heterocycles. The third-order valence-corrected chi connectivity index (χ3v) is 16.4. The molecule has 0 unspecified atom stereocenters. The van der Waals surface area contributed by atoms with Crippen molar-refractivity contribution in [1.29, 1.82) is 0 Å². The van der Waals surface area contributed by atoms with E-state index in [1.807, 2.05) is 32.2 Å². The number of pyridine rings is 1. The van der Waals surface area contributed by atoms with Crippen LogP contribution in [0.1, 0.15) is 125 Å². The Labute approximate surface area is 401 Å². The van der Waals surface area contributed by atoms with Gasteiger partial charge in [0.15, 0.2) is 0 Å². The van der Waals surface area contributed by atoms with Crippen LogP contribution in [0.4, 0.5) is 0 Å². The van der Waals surface area contributed by atoms with E-state index in [1.165, 1.54) is 35.5 Å². The molecule has 2 N–H and O–H groups in total. The lowest BCUT2D eigenvalue weighted by atomic mass is 9.84. The summed E-state index contributed by atoms with van der Waals surface area (Å²) in [5, 5.41) is 8.49. The van der Waals surface area contributed by atoms with Gasteiger partial charge in [0, 0.05) is 95.5 Å². The molecular weight excluding hydrogens is 879 g/mol. The maximum atomic E-state index is 15.2. The Balaban J connectivity index is 1.05. The molecule has 7 atom stereocenters. The first-order valence-corrected chi connectivity index (χ1v) is 25.6. The smallest absolute Gasteiger partial charge is 0.324 e. The molecule has 16 heteroatoms. The highest BCUT2D eigenvalue weighted by molar-refractivity contribution is 7.10. The summed E-state index contributed by atoms with van der Waals surface area (Å²) in [7, 11) is 1.73. The summed E-state index contributed by atoms with van der Waals surface area (Å²) in [6, 6.07) is 11.7. The molecule has 6 aliphatic rings. The van der Waals surface area contributed by atoms with Gasteiger partial charge in [-0.2, -0.15) is 0 Å². The van der Waals surface area contributed by atoms with E-state index in [2.05, 4.69) is 73.7 Å². The minimum Gasteiger partial charge on any atom is -0.464 e. The summed E-state index contributed by atoms with van der Waals surface area (Å²) in [6.45, 7) is 10.8. The van der Waals surface area contributed by atoms with Gasteiger partial charge >= 0.3 is 5.97 Å². The van der Waals surface area contributed by atoms with Crippen LogP contribution in [-0.4, -0.2) is 110 Å². The molecule has 5 aromatic rings. The number of nitrogens with zero attached hydrogens (tertiary/aromatic N) is 7. The topological polar surface area (TPSA) is 166 Å². The van der Waals surface area contributed by atoms with Crippen molar-refractivity contribution in [2.24, 2.45) is 17.3 Å². The Bertz CT molecular complexity index is 2690. The maximum absolute atomic E-state index is 15.2. The third kappa shape index (κ3) is 8.64. The fraction of sp³-hybridized carbons (Fsp3) is 0.558. The van der Waals surface area contributed by atoms with E-state index in [-0.39, 0.29) is 54.4 Å². The summed E-state index contributed by atoms with van der Waals surface area (Å²) in [5.41, 5.74) is 10.6. The van der Waals surface area contributed by atoms with Gasteiger partial charge in [-0.1, -0.05) is 39.7 Å². The van der Waals surface area contributed by atoms with Crippen LogP contribution in [0.15, 0.2) is 60.5 Å². The minimum atomic E-state index is -1.13.